The molecule has 0 aliphatic heterocycles. The highest BCUT2D eigenvalue weighted by Gasteiger charge is 2.04. The van der Waals surface area contributed by atoms with Gasteiger partial charge in [0.15, 0.2) is 5.78 Å². The lowest BCUT2D eigenvalue weighted by Crippen LogP contribution is -2.06. The Bertz CT molecular complexity index is 552. The van der Waals surface area contributed by atoms with Crippen LogP contribution < -0.4 is 5.32 Å². The molecule has 19 heavy (non-hydrogen) atoms. The van der Waals surface area contributed by atoms with Crippen molar-refractivity contribution in [2.45, 2.75) is 19.9 Å². The summed E-state index contributed by atoms with van der Waals surface area (Å²) in [6.07, 6.45) is 6.29. The van der Waals surface area contributed by atoms with E-state index in [2.05, 4.69) is 10.3 Å². The summed E-state index contributed by atoms with van der Waals surface area (Å²) in [5.41, 5.74) is 1.02. The van der Waals surface area contributed by atoms with Crippen LogP contribution in [0.2, 0.25) is 0 Å². The maximum atomic E-state index is 13.3. The number of nitrogens with one attached hydrogen (secondary N) is 1. The maximum absolute atomic E-state index is 13.3. The summed E-state index contributed by atoms with van der Waals surface area (Å²) in [6.45, 7) is 2.98. The van der Waals surface area contributed by atoms with Gasteiger partial charge in [-0.2, -0.15) is 0 Å². The molecular weight excluding hydrogens is 245 g/mol. The summed E-state index contributed by atoms with van der Waals surface area (Å²) in [7, 11) is 0. The smallest absolute Gasteiger partial charge is 0.159 e. The Labute approximate surface area is 111 Å². The second kappa shape index (κ2) is 6.13. The number of nitrogens with zero attached hydrogens (tertiary/aromatic N) is 2. The number of halogens is 1. The molecule has 0 fully saturated rings. The number of aromatic nitrogens is 2. The number of rotatable bonds is 6. The summed E-state index contributed by atoms with van der Waals surface area (Å²) >= 11 is 0. The molecule has 2 rings (SSSR count). The highest BCUT2D eigenvalue weighted by molar-refractivity contribution is 5.94. The Morgan fingerprint density at radius 3 is 2.95 bits per heavy atom. The van der Waals surface area contributed by atoms with Crippen LogP contribution in [0.5, 0.6) is 0 Å². The van der Waals surface area contributed by atoms with Crippen LogP contribution in [0.25, 0.3) is 0 Å². The number of carbonyl (C=O) groups is 1. The van der Waals surface area contributed by atoms with Crippen LogP contribution in [0.4, 0.5) is 10.1 Å². The lowest BCUT2D eigenvalue weighted by Gasteiger charge is -2.08. The van der Waals surface area contributed by atoms with Gasteiger partial charge in [0, 0.05) is 36.7 Å². The first-order valence-electron chi connectivity index (χ1n) is 6.16. The van der Waals surface area contributed by atoms with Crippen molar-refractivity contribution >= 4 is 11.5 Å². The van der Waals surface area contributed by atoms with Gasteiger partial charge in [0.05, 0.1) is 6.33 Å². The van der Waals surface area contributed by atoms with Crippen LogP contribution in [-0.4, -0.2) is 21.9 Å². The fourth-order valence-corrected chi connectivity index (χ4v) is 1.81. The molecule has 0 atom stereocenters. The average molecular weight is 261 g/mol. The highest BCUT2D eigenvalue weighted by atomic mass is 19.1. The molecule has 5 heteroatoms. The van der Waals surface area contributed by atoms with Crippen LogP contribution in [0.3, 0.4) is 0 Å². The fraction of sp³-hybridized carbons (Fsp3) is 0.286. The molecule has 0 saturated heterocycles. The fourth-order valence-electron chi connectivity index (χ4n) is 1.81. The number of hydrogen-bond acceptors (Lipinski definition) is 3. The van der Waals surface area contributed by atoms with Crippen molar-refractivity contribution in [3.8, 4) is 0 Å². The van der Waals surface area contributed by atoms with Crippen LogP contribution in [0.1, 0.15) is 23.7 Å². The van der Waals surface area contributed by atoms with E-state index in [1.807, 2.05) is 10.8 Å². The van der Waals surface area contributed by atoms with Gasteiger partial charge in [-0.15, -0.1) is 0 Å². The van der Waals surface area contributed by atoms with Crippen molar-refractivity contribution in [1.82, 2.24) is 9.55 Å². The molecule has 0 saturated carbocycles. The van der Waals surface area contributed by atoms with E-state index >= 15 is 0 Å². The van der Waals surface area contributed by atoms with E-state index in [0.29, 0.717) is 17.8 Å². The van der Waals surface area contributed by atoms with E-state index in [0.717, 1.165) is 13.0 Å². The summed E-state index contributed by atoms with van der Waals surface area (Å²) < 4.78 is 15.3. The van der Waals surface area contributed by atoms with Gasteiger partial charge < -0.3 is 9.88 Å². The van der Waals surface area contributed by atoms with E-state index < -0.39 is 5.82 Å². The van der Waals surface area contributed by atoms with Crippen molar-refractivity contribution in [3.63, 3.8) is 0 Å². The van der Waals surface area contributed by atoms with Crippen molar-refractivity contribution in [3.05, 3.63) is 48.3 Å². The van der Waals surface area contributed by atoms with Gasteiger partial charge in [-0.3, -0.25) is 4.79 Å². The lowest BCUT2D eigenvalue weighted by atomic mass is 10.1. The Morgan fingerprint density at radius 2 is 2.26 bits per heavy atom. The van der Waals surface area contributed by atoms with Gasteiger partial charge in [-0.05, 0) is 31.5 Å². The van der Waals surface area contributed by atoms with E-state index in [-0.39, 0.29) is 5.78 Å². The molecule has 1 aromatic heterocycles. The van der Waals surface area contributed by atoms with Gasteiger partial charge in [-0.1, -0.05) is 0 Å². The van der Waals surface area contributed by atoms with E-state index in [1.165, 1.54) is 19.1 Å². The predicted molar refractivity (Wildman–Crippen MR) is 71.7 cm³/mol. The molecular formula is C14H16FN3O. The molecule has 0 unspecified atom stereocenters. The molecule has 1 aromatic carbocycles. The number of imidazole rings is 1. The summed E-state index contributed by atoms with van der Waals surface area (Å²) in [6, 6.07) is 4.31. The molecule has 0 radical (unpaired) electrons. The van der Waals surface area contributed by atoms with Crippen molar-refractivity contribution in [1.29, 1.82) is 0 Å². The number of ketones is 1. The van der Waals surface area contributed by atoms with Gasteiger partial charge in [0.1, 0.15) is 5.82 Å². The molecule has 4 nitrogen and oxygen atoms in total. The first kappa shape index (κ1) is 13.3. The summed E-state index contributed by atoms with van der Waals surface area (Å²) in [5.74, 6) is -0.536. The molecule has 2 aromatic rings. The third-order valence-electron chi connectivity index (χ3n) is 2.79. The zero-order valence-electron chi connectivity index (χ0n) is 10.8. The lowest BCUT2D eigenvalue weighted by molar-refractivity contribution is 0.101. The van der Waals surface area contributed by atoms with Gasteiger partial charge >= 0.3 is 0 Å². The van der Waals surface area contributed by atoms with Gasteiger partial charge in [-0.25, -0.2) is 9.37 Å². The van der Waals surface area contributed by atoms with Crippen LogP contribution >= 0.6 is 0 Å². The number of carbonyl (C=O) groups excluding carboxylic acids is 1. The summed E-state index contributed by atoms with van der Waals surface area (Å²) in [4.78, 5) is 15.2. The highest BCUT2D eigenvalue weighted by Crippen LogP contribution is 2.14. The predicted octanol–water partition coefficient (Wildman–Crippen LogP) is 2.73. The van der Waals surface area contributed by atoms with Crippen molar-refractivity contribution in [2.75, 3.05) is 11.9 Å². The third-order valence-corrected chi connectivity index (χ3v) is 2.79. The van der Waals surface area contributed by atoms with Gasteiger partial charge in [0.2, 0.25) is 0 Å². The van der Waals surface area contributed by atoms with Crippen LogP contribution in [0, 0.1) is 5.82 Å². The first-order valence-corrected chi connectivity index (χ1v) is 6.16. The molecule has 0 bridgehead atoms. The molecule has 1 N–H and O–H groups in total. The molecule has 1 heterocycles. The Morgan fingerprint density at radius 1 is 1.42 bits per heavy atom. The Balaban J connectivity index is 1.87. The van der Waals surface area contributed by atoms with Crippen molar-refractivity contribution < 1.29 is 9.18 Å². The standard InChI is InChI=1S/C14H16FN3O/c1-11(19)12-7-13(15)9-14(8-12)17-3-2-5-18-6-4-16-10-18/h4,6-10,17H,2-3,5H2,1H3. The summed E-state index contributed by atoms with van der Waals surface area (Å²) in [5, 5.41) is 3.12. The Hall–Kier alpha value is -2.17. The zero-order valence-corrected chi connectivity index (χ0v) is 10.8. The topological polar surface area (TPSA) is 46.9 Å². The normalized spacial score (nSPS) is 10.4. The minimum Gasteiger partial charge on any atom is -0.385 e. The second-order valence-corrected chi connectivity index (χ2v) is 4.37. The molecule has 0 spiro atoms. The largest absolute Gasteiger partial charge is 0.385 e. The maximum Gasteiger partial charge on any atom is 0.159 e. The molecule has 100 valence electrons. The van der Waals surface area contributed by atoms with Crippen LogP contribution in [0.15, 0.2) is 36.9 Å². The SMILES string of the molecule is CC(=O)c1cc(F)cc(NCCCn2ccnc2)c1. The minimum absolute atomic E-state index is 0.138. The first-order chi connectivity index (χ1) is 9.15. The number of Topliss-reactive ketones (excluding diaryl/α,β-unsaturated/α-hetero) is 1. The number of aryl methyl sites for hydroxylation is 1. The van der Waals surface area contributed by atoms with E-state index in [9.17, 15) is 9.18 Å². The quantitative estimate of drug-likeness (QED) is 0.642. The molecule has 0 amide bonds. The van der Waals surface area contributed by atoms with Crippen molar-refractivity contribution in [2.24, 2.45) is 0 Å². The monoisotopic (exact) mass is 261 g/mol. The Kier molecular flexibility index (Phi) is 4.28. The minimum atomic E-state index is -0.398. The zero-order chi connectivity index (χ0) is 13.7. The number of anilines is 1. The van der Waals surface area contributed by atoms with Gasteiger partial charge in [0.25, 0.3) is 0 Å². The third kappa shape index (κ3) is 3.91. The van der Waals surface area contributed by atoms with E-state index in [1.54, 1.807) is 18.6 Å². The van der Waals surface area contributed by atoms with Crippen LogP contribution in [-0.2, 0) is 6.54 Å². The number of benzene rings is 1. The van der Waals surface area contributed by atoms with E-state index in [4.69, 9.17) is 0 Å². The molecule has 0 aliphatic carbocycles. The second-order valence-electron chi connectivity index (χ2n) is 4.37. The molecule has 0 aliphatic rings. The number of hydrogen-bond donors (Lipinski definition) is 1. The average Bonchev–Trinajstić information content (AvgIpc) is 2.87.